The highest BCUT2D eigenvalue weighted by Crippen LogP contribution is 2.33. The summed E-state index contributed by atoms with van der Waals surface area (Å²) in [5.41, 5.74) is 7.79. The summed E-state index contributed by atoms with van der Waals surface area (Å²) in [4.78, 5) is 24.3. The number of benzene rings is 2. The molecule has 0 unspecified atom stereocenters. The zero-order chi connectivity index (χ0) is 27.6. The zero-order valence-electron chi connectivity index (χ0n) is 22.9. The quantitative estimate of drug-likeness (QED) is 0.319. The molecule has 1 N–H and O–H groups in total. The number of aromatic amines is 1. The van der Waals surface area contributed by atoms with E-state index in [4.69, 9.17) is 4.98 Å². The predicted octanol–water partition coefficient (Wildman–Crippen LogP) is 4.18. The first kappa shape index (κ1) is 25.2. The second kappa shape index (κ2) is 11.0. The maximum Gasteiger partial charge on any atom is 0.189 e. The van der Waals surface area contributed by atoms with Crippen LogP contribution >= 0.6 is 0 Å². The number of likely N-dealkylation sites (tertiary alicyclic amines) is 1. The molecule has 0 amide bonds. The number of pyridine rings is 2. The van der Waals surface area contributed by atoms with Crippen LogP contribution in [0.15, 0.2) is 91.3 Å². The Hall–Kier alpha value is -4.76. The van der Waals surface area contributed by atoms with E-state index in [0.29, 0.717) is 5.92 Å². The maximum absolute atomic E-state index is 5.01. The van der Waals surface area contributed by atoms with Gasteiger partial charge in [-0.1, -0.05) is 60.7 Å². The van der Waals surface area contributed by atoms with Crippen LogP contribution in [0.5, 0.6) is 0 Å². The van der Waals surface area contributed by atoms with Gasteiger partial charge in [-0.05, 0) is 55.3 Å². The molecule has 7 rings (SSSR count). The molecule has 0 aliphatic carbocycles. The van der Waals surface area contributed by atoms with E-state index in [2.05, 4.69) is 89.6 Å². The molecule has 8 nitrogen and oxygen atoms in total. The molecule has 1 fully saturated rings. The van der Waals surface area contributed by atoms with Gasteiger partial charge in [0.25, 0.3) is 0 Å². The summed E-state index contributed by atoms with van der Waals surface area (Å²) in [7, 11) is 1.90. The van der Waals surface area contributed by atoms with Gasteiger partial charge in [-0.3, -0.25) is 14.9 Å². The molecule has 6 aromatic rings. The van der Waals surface area contributed by atoms with Crippen LogP contribution in [0.2, 0.25) is 0 Å². The largest absolute Gasteiger partial charge is 0.323 e. The Balaban J connectivity index is 1.06. The van der Waals surface area contributed by atoms with Crippen molar-refractivity contribution in [1.29, 1.82) is 0 Å². The van der Waals surface area contributed by atoms with Gasteiger partial charge in [0.15, 0.2) is 19.3 Å². The Bertz CT molecular complexity index is 1780. The highest BCUT2D eigenvalue weighted by Gasteiger charge is 2.24. The number of aromatic nitrogens is 7. The Labute approximate surface area is 239 Å². The van der Waals surface area contributed by atoms with Crippen molar-refractivity contribution in [1.82, 2.24) is 40.0 Å². The first-order valence-electron chi connectivity index (χ1n) is 14.0. The predicted molar refractivity (Wildman–Crippen MR) is 163 cm³/mol. The van der Waals surface area contributed by atoms with Crippen LogP contribution in [0.25, 0.3) is 44.9 Å². The molecular weight excluding hydrogens is 507 g/mol. The minimum absolute atomic E-state index is 0.390. The van der Waals surface area contributed by atoms with Crippen molar-refractivity contribution < 1.29 is 0 Å². The first-order valence-corrected chi connectivity index (χ1v) is 14.0. The van der Waals surface area contributed by atoms with Crippen molar-refractivity contribution >= 4 is 24.6 Å². The van der Waals surface area contributed by atoms with Crippen LogP contribution in [0.1, 0.15) is 30.1 Å². The van der Waals surface area contributed by atoms with Gasteiger partial charge in [0.05, 0.1) is 11.4 Å². The number of nitrogens with one attached hydrogen (secondary N) is 1. The van der Waals surface area contributed by atoms with E-state index in [1.165, 1.54) is 5.56 Å². The second-order valence-electron chi connectivity index (χ2n) is 10.6. The molecule has 0 radical (unpaired) electrons. The zero-order valence-corrected chi connectivity index (χ0v) is 22.9. The van der Waals surface area contributed by atoms with Crippen molar-refractivity contribution in [3.05, 3.63) is 103 Å². The van der Waals surface area contributed by atoms with Gasteiger partial charge in [-0.2, -0.15) is 0 Å². The topological polar surface area (TPSA) is 96.4 Å². The molecule has 2 aromatic carbocycles. The molecule has 200 valence electrons. The number of hydrogen-bond donors (Lipinski definition) is 1. The fourth-order valence-corrected chi connectivity index (χ4v) is 5.57. The van der Waals surface area contributed by atoms with E-state index in [1.54, 1.807) is 6.20 Å². The SMILES string of the molecule is Bc1ncc2cc(-c3ccccc3)c(-c3ccc(CN4CCC(c5nnc(-c6ccccn6)[nH]5)CC4)cc3)nc2n1. The van der Waals surface area contributed by atoms with Crippen molar-refractivity contribution in [2.45, 2.75) is 25.3 Å². The third-order valence-electron chi connectivity index (χ3n) is 7.79. The lowest BCUT2D eigenvalue weighted by molar-refractivity contribution is 0.202. The third-order valence-corrected chi connectivity index (χ3v) is 7.79. The summed E-state index contributed by atoms with van der Waals surface area (Å²) in [6.07, 6.45) is 5.74. The Morgan fingerprint density at radius 2 is 1.63 bits per heavy atom. The number of piperidine rings is 1. The third kappa shape index (κ3) is 5.36. The molecule has 0 atom stereocenters. The van der Waals surface area contributed by atoms with Gasteiger partial charge >= 0.3 is 0 Å². The Morgan fingerprint density at radius 3 is 2.41 bits per heavy atom. The Morgan fingerprint density at radius 1 is 0.829 bits per heavy atom. The normalized spacial score (nSPS) is 14.4. The lowest BCUT2D eigenvalue weighted by Gasteiger charge is -2.30. The van der Waals surface area contributed by atoms with Crippen LogP contribution in [0.3, 0.4) is 0 Å². The average molecular weight is 536 g/mol. The summed E-state index contributed by atoms with van der Waals surface area (Å²) in [5, 5.41) is 9.71. The van der Waals surface area contributed by atoms with Crippen LogP contribution < -0.4 is 5.72 Å². The fourth-order valence-electron chi connectivity index (χ4n) is 5.57. The van der Waals surface area contributed by atoms with E-state index in [-0.39, 0.29) is 0 Å². The minimum Gasteiger partial charge on any atom is -0.323 e. The van der Waals surface area contributed by atoms with Gasteiger partial charge in [-0.25, -0.2) is 9.97 Å². The van der Waals surface area contributed by atoms with Crippen molar-refractivity contribution in [2.75, 3.05) is 13.1 Å². The number of rotatable bonds is 6. The molecule has 4 aromatic heterocycles. The number of H-pyrrole nitrogens is 1. The summed E-state index contributed by atoms with van der Waals surface area (Å²) in [6, 6.07) is 27.2. The molecule has 0 spiro atoms. The molecule has 0 saturated carbocycles. The van der Waals surface area contributed by atoms with Gasteiger partial charge in [0, 0.05) is 41.4 Å². The molecule has 1 saturated heterocycles. The maximum atomic E-state index is 5.01. The fraction of sp³-hybridized carbons (Fsp3) is 0.188. The van der Waals surface area contributed by atoms with E-state index >= 15 is 0 Å². The molecular formula is C32H29BN8. The first-order chi connectivity index (χ1) is 20.2. The second-order valence-corrected chi connectivity index (χ2v) is 10.6. The monoisotopic (exact) mass is 536 g/mol. The minimum atomic E-state index is 0.390. The Kier molecular flexibility index (Phi) is 6.78. The molecule has 1 aliphatic heterocycles. The van der Waals surface area contributed by atoms with Crippen LogP contribution in [-0.4, -0.2) is 61.0 Å². The summed E-state index contributed by atoms with van der Waals surface area (Å²) in [5.74, 6) is 2.09. The van der Waals surface area contributed by atoms with Gasteiger partial charge in [0.1, 0.15) is 11.5 Å². The summed E-state index contributed by atoms with van der Waals surface area (Å²) >= 11 is 0. The van der Waals surface area contributed by atoms with E-state index < -0.39 is 0 Å². The molecule has 41 heavy (non-hydrogen) atoms. The van der Waals surface area contributed by atoms with Crippen molar-refractivity contribution in [3.8, 4) is 33.9 Å². The molecule has 9 heteroatoms. The highest BCUT2D eigenvalue weighted by molar-refractivity contribution is 6.29. The van der Waals surface area contributed by atoms with E-state index in [0.717, 1.165) is 89.0 Å². The lowest BCUT2D eigenvalue weighted by atomic mass is 9.95. The van der Waals surface area contributed by atoms with E-state index in [1.807, 2.05) is 38.3 Å². The average Bonchev–Trinajstić information content (AvgIpc) is 3.53. The van der Waals surface area contributed by atoms with Crippen molar-refractivity contribution in [3.63, 3.8) is 0 Å². The highest BCUT2D eigenvalue weighted by atomic mass is 15.2. The lowest BCUT2D eigenvalue weighted by Crippen LogP contribution is -2.32. The summed E-state index contributed by atoms with van der Waals surface area (Å²) < 4.78 is 0. The number of fused-ring (bicyclic) bond motifs is 1. The molecule has 1 aliphatic rings. The molecule has 0 bridgehead atoms. The van der Waals surface area contributed by atoms with Crippen LogP contribution in [0, 0.1) is 0 Å². The standard InChI is InChI=1S/C32H29BN8/c33-32-35-19-25-18-26(22-6-2-1-3-7-22)28(36-29(25)38-32)23-11-9-21(10-12-23)20-41-16-13-24(14-17-41)30-37-31(40-39-30)27-8-4-5-15-34-27/h1-12,15,18-19,24H,13-14,16-17,20,33H2,(H,37,39,40). The van der Waals surface area contributed by atoms with Crippen LogP contribution in [0.4, 0.5) is 0 Å². The summed E-state index contributed by atoms with van der Waals surface area (Å²) in [6.45, 7) is 2.97. The number of hydrogen-bond acceptors (Lipinski definition) is 7. The number of nitrogens with zero attached hydrogens (tertiary/aromatic N) is 7. The van der Waals surface area contributed by atoms with Gasteiger partial charge in [0.2, 0.25) is 0 Å². The molecule has 5 heterocycles. The van der Waals surface area contributed by atoms with Crippen LogP contribution in [-0.2, 0) is 6.54 Å². The van der Waals surface area contributed by atoms with Crippen molar-refractivity contribution in [2.24, 2.45) is 0 Å². The van der Waals surface area contributed by atoms with Gasteiger partial charge < -0.3 is 4.98 Å². The van der Waals surface area contributed by atoms with E-state index in [9.17, 15) is 0 Å². The smallest absolute Gasteiger partial charge is 0.189 e. The van der Waals surface area contributed by atoms with Gasteiger partial charge in [-0.15, -0.1) is 10.2 Å².